The Bertz CT molecular complexity index is 810. The second kappa shape index (κ2) is 9.69. The van der Waals surface area contributed by atoms with Crippen LogP contribution in [-0.4, -0.2) is 75.8 Å². The zero-order chi connectivity index (χ0) is 19.4. The maximum absolute atomic E-state index is 12.8. The van der Waals surface area contributed by atoms with Gasteiger partial charge in [-0.2, -0.15) is 4.31 Å². The lowest BCUT2D eigenvalue weighted by Gasteiger charge is -2.32. The third-order valence-electron chi connectivity index (χ3n) is 5.12. The average molecular weight is 431 g/mol. The molecule has 2 saturated heterocycles. The highest BCUT2D eigenvalue weighted by atomic mass is 35.5. The SMILES string of the molecule is CNCC1CCN(C(=O)c2cccc(S(=O)(=O)N3CCNC(=O)C3)c2)CC1.Cl. The van der Waals surface area contributed by atoms with Crippen LogP contribution in [0.3, 0.4) is 0 Å². The van der Waals surface area contributed by atoms with Crippen LogP contribution in [0.2, 0.25) is 0 Å². The number of piperazine rings is 1. The molecule has 1 aromatic carbocycles. The Morgan fingerprint density at radius 1 is 1.25 bits per heavy atom. The van der Waals surface area contributed by atoms with E-state index in [4.69, 9.17) is 0 Å². The Hall–Kier alpha value is -1.68. The van der Waals surface area contributed by atoms with Gasteiger partial charge in [-0.25, -0.2) is 8.42 Å². The van der Waals surface area contributed by atoms with Gasteiger partial charge in [-0.1, -0.05) is 6.07 Å². The normalized spacial score (nSPS) is 19.0. The van der Waals surface area contributed by atoms with Crippen molar-refractivity contribution in [1.29, 1.82) is 0 Å². The van der Waals surface area contributed by atoms with E-state index < -0.39 is 10.0 Å². The Morgan fingerprint density at radius 3 is 2.61 bits per heavy atom. The van der Waals surface area contributed by atoms with Crippen molar-refractivity contribution in [2.24, 2.45) is 5.92 Å². The maximum Gasteiger partial charge on any atom is 0.253 e. The van der Waals surface area contributed by atoms with Crippen molar-refractivity contribution in [3.8, 4) is 0 Å². The highest BCUT2D eigenvalue weighted by molar-refractivity contribution is 7.89. The number of halogens is 1. The van der Waals surface area contributed by atoms with Gasteiger partial charge in [0.05, 0.1) is 11.4 Å². The standard InChI is InChI=1S/C18H26N4O4S.ClH/c1-19-12-14-5-8-21(9-6-14)18(24)15-3-2-4-16(11-15)27(25,26)22-10-7-20-17(23)13-22;/h2-4,11,14,19H,5-10,12-13H2,1H3,(H,20,23);1H. The lowest BCUT2D eigenvalue weighted by Crippen LogP contribution is -2.49. The molecule has 1 aromatic rings. The minimum absolute atomic E-state index is 0. The van der Waals surface area contributed by atoms with Gasteiger partial charge >= 0.3 is 0 Å². The number of rotatable bonds is 5. The minimum atomic E-state index is -3.80. The van der Waals surface area contributed by atoms with Crippen LogP contribution in [0, 0.1) is 5.92 Å². The predicted molar refractivity (Wildman–Crippen MR) is 108 cm³/mol. The molecule has 0 aliphatic carbocycles. The fourth-order valence-corrected chi connectivity index (χ4v) is 5.01. The number of piperidine rings is 1. The van der Waals surface area contributed by atoms with Gasteiger partial charge in [0, 0.05) is 31.7 Å². The minimum Gasteiger partial charge on any atom is -0.354 e. The van der Waals surface area contributed by atoms with Crippen LogP contribution in [0.25, 0.3) is 0 Å². The van der Waals surface area contributed by atoms with Gasteiger partial charge in [-0.3, -0.25) is 9.59 Å². The number of carbonyl (C=O) groups is 2. The van der Waals surface area contributed by atoms with Crippen molar-refractivity contribution in [1.82, 2.24) is 19.8 Å². The highest BCUT2D eigenvalue weighted by Gasteiger charge is 2.30. The first-order chi connectivity index (χ1) is 12.9. The van der Waals surface area contributed by atoms with E-state index >= 15 is 0 Å². The number of benzene rings is 1. The molecule has 0 bridgehead atoms. The summed E-state index contributed by atoms with van der Waals surface area (Å²) in [7, 11) is -1.88. The summed E-state index contributed by atoms with van der Waals surface area (Å²) >= 11 is 0. The van der Waals surface area contributed by atoms with E-state index in [0.717, 1.165) is 23.7 Å². The van der Waals surface area contributed by atoms with E-state index in [9.17, 15) is 18.0 Å². The fraction of sp³-hybridized carbons (Fsp3) is 0.556. The van der Waals surface area contributed by atoms with Gasteiger partial charge < -0.3 is 15.5 Å². The fourth-order valence-electron chi connectivity index (χ4n) is 3.57. The molecular formula is C18H27ClN4O4S. The molecule has 2 aliphatic heterocycles. The number of amides is 2. The third kappa shape index (κ3) is 5.02. The zero-order valence-electron chi connectivity index (χ0n) is 15.9. The summed E-state index contributed by atoms with van der Waals surface area (Å²) in [5, 5.41) is 5.78. The summed E-state index contributed by atoms with van der Waals surface area (Å²) < 4.78 is 26.8. The number of nitrogens with zero attached hydrogens (tertiary/aromatic N) is 2. The molecule has 0 saturated carbocycles. The predicted octanol–water partition coefficient (Wildman–Crippen LogP) is 0.301. The van der Waals surface area contributed by atoms with Crippen LogP contribution in [0.1, 0.15) is 23.2 Å². The largest absolute Gasteiger partial charge is 0.354 e. The van der Waals surface area contributed by atoms with Gasteiger partial charge in [0.2, 0.25) is 15.9 Å². The molecule has 156 valence electrons. The first kappa shape index (κ1) is 22.6. The Labute approximate surface area is 172 Å². The smallest absolute Gasteiger partial charge is 0.253 e. The monoisotopic (exact) mass is 430 g/mol. The van der Waals surface area contributed by atoms with Gasteiger partial charge in [0.1, 0.15) is 0 Å². The molecule has 28 heavy (non-hydrogen) atoms. The molecule has 2 N–H and O–H groups in total. The maximum atomic E-state index is 12.8. The molecule has 2 aliphatic rings. The summed E-state index contributed by atoms with van der Waals surface area (Å²) in [5.74, 6) is 0.101. The number of likely N-dealkylation sites (tertiary alicyclic amines) is 1. The Balaban J connectivity index is 0.00000280. The van der Waals surface area contributed by atoms with Crippen LogP contribution in [0.15, 0.2) is 29.2 Å². The first-order valence-electron chi connectivity index (χ1n) is 9.22. The van der Waals surface area contributed by atoms with E-state index in [-0.39, 0.29) is 48.8 Å². The zero-order valence-corrected chi connectivity index (χ0v) is 17.5. The Morgan fingerprint density at radius 2 is 1.96 bits per heavy atom. The van der Waals surface area contributed by atoms with Gasteiger partial charge in [-0.15, -0.1) is 12.4 Å². The molecule has 0 spiro atoms. The third-order valence-corrected chi connectivity index (χ3v) is 6.96. The van der Waals surface area contributed by atoms with Crippen LogP contribution in [0.4, 0.5) is 0 Å². The summed E-state index contributed by atoms with van der Waals surface area (Å²) in [6.45, 7) is 2.62. The van der Waals surface area contributed by atoms with E-state index in [0.29, 0.717) is 24.6 Å². The molecule has 8 nitrogen and oxygen atoms in total. The van der Waals surface area contributed by atoms with E-state index in [1.54, 1.807) is 17.0 Å². The van der Waals surface area contributed by atoms with Gasteiger partial charge in [0.25, 0.3) is 5.91 Å². The first-order valence-corrected chi connectivity index (χ1v) is 10.7. The summed E-state index contributed by atoms with van der Waals surface area (Å²) in [6, 6.07) is 6.11. The molecule has 0 unspecified atom stereocenters. The number of sulfonamides is 1. The van der Waals surface area contributed by atoms with Crippen LogP contribution in [0.5, 0.6) is 0 Å². The second-order valence-corrected chi connectivity index (χ2v) is 8.95. The van der Waals surface area contributed by atoms with Crippen molar-refractivity contribution >= 4 is 34.2 Å². The molecule has 2 heterocycles. The van der Waals surface area contributed by atoms with E-state index in [2.05, 4.69) is 10.6 Å². The van der Waals surface area contributed by atoms with Gasteiger partial charge in [-0.05, 0) is 50.6 Å². The lowest BCUT2D eigenvalue weighted by atomic mass is 9.96. The summed E-state index contributed by atoms with van der Waals surface area (Å²) in [4.78, 5) is 26.2. The van der Waals surface area contributed by atoms with Crippen molar-refractivity contribution in [2.75, 3.05) is 46.3 Å². The molecule has 0 aromatic heterocycles. The summed E-state index contributed by atoms with van der Waals surface area (Å²) in [6.07, 6.45) is 1.88. The average Bonchev–Trinajstić information content (AvgIpc) is 2.68. The van der Waals surface area contributed by atoms with Crippen LogP contribution < -0.4 is 10.6 Å². The molecular weight excluding hydrogens is 404 g/mol. The Kier molecular flexibility index (Phi) is 7.82. The van der Waals surface area contributed by atoms with Crippen molar-refractivity contribution in [3.63, 3.8) is 0 Å². The van der Waals surface area contributed by atoms with Gasteiger partial charge in [0.15, 0.2) is 0 Å². The molecule has 10 heteroatoms. The van der Waals surface area contributed by atoms with Crippen LogP contribution in [-0.2, 0) is 14.8 Å². The number of hydrogen-bond donors (Lipinski definition) is 2. The lowest BCUT2D eigenvalue weighted by molar-refractivity contribution is -0.122. The summed E-state index contributed by atoms with van der Waals surface area (Å²) in [5.41, 5.74) is 0.365. The highest BCUT2D eigenvalue weighted by Crippen LogP contribution is 2.21. The van der Waals surface area contributed by atoms with Crippen molar-refractivity contribution in [2.45, 2.75) is 17.7 Å². The molecule has 0 radical (unpaired) electrons. The van der Waals surface area contributed by atoms with Crippen molar-refractivity contribution < 1.29 is 18.0 Å². The van der Waals surface area contributed by atoms with E-state index in [1.165, 1.54) is 12.1 Å². The van der Waals surface area contributed by atoms with E-state index in [1.807, 2.05) is 7.05 Å². The second-order valence-electron chi connectivity index (χ2n) is 7.01. The number of hydrogen-bond acceptors (Lipinski definition) is 5. The number of carbonyl (C=O) groups excluding carboxylic acids is 2. The molecule has 3 rings (SSSR count). The molecule has 2 fully saturated rings. The topological polar surface area (TPSA) is 98.8 Å². The van der Waals surface area contributed by atoms with Crippen molar-refractivity contribution in [3.05, 3.63) is 29.8 Å². The number of nitrogens with one attached hydrogen (secondary N) is 2. The molecule has 0 atom stereocenters. The quantitative estimate of drug-likeness (QED) is 0.700. The molecule has 2 amide bonds. The van der Waals surface area contributed by atoms with Crippen LogP contribution >= 0.6 is 12.4 Å².